The quantitative estimate of drug-likeness (QED) is 0.572. The molecule has 0 N–H and O–H groups in total. The van der Waals surface area contributed by atoms with Crippen molar-refractivity contribution in [3.63, 3.8) is 0 Å². The highest BCUT2D eigenvalue weighted by Gasteiger charge is 2.26. The van der Waals surface area contributed by atoms with Crippen molar-refractivity contribution in [1.82, 2.24) is 14.5 Å². The van der Waals surface area contributed by atoms with Gasteiger partial charge in [0.15, 0.2) is 5.16 Å². The summed E-state index contributed by atoms with van der Waals surface area (Å²) in [5.41, 5.74) is 1.05. The minimum atomic E-state index is -0.238. The molecule has 1 saturated heterocycles. The molecular formula is C19H27N3O2S2. The summed E-state index contributed by atoms with van der Waals surface area (Å²) in [7, 11) is 0. The highest BCUT2D eigenvalue weighted by atomic mass is 32.2. The van der Waals surface area contributed by atoms with Crippen molar-refractivity contribution >= 4 is 39.2 Å². The number of carbonyl (C=O) groups excluding carboxylic acids is 1. The van der Waals surface area contributed by atoms with Crippen molar-refractivity contribution in [3.05, 3.63) is 20.8 Å². The zero-order valence-electron chi connectivity index (χ0n) is 16.2. The lowest BCUT2D eigenvalue weighted by Gasteiger charge is -2.21. The molecule has 26 heavy (non-hydrogen) atoms. The van der Waals surface area contributed by atoms with Gasteiger partial charge in [-0.1, -0.05) is 25.6 Å². The van der Waals surface area contributed by atoms with E-state index < -0.39 is 0 Å². The number of nitrogens with zero attached hydrogens (tertiary/aromatic N) is 3. The van der Waals surface area contributed by atoms with E-state index in [2.05, 4.69) is 13.8 Å². The Hall–Kier alpha value is -1.34. The molecule has 1 fully saturated rings. The number of likely N-dealkylation sites (tertiary alicyclic amines) is 1. The van der Waals surface area contributed by atoms with E-state index in [0.29, 0.717) is 17.6 Å². The third kappa shape index (κ3) is 3.69. The molecule has 3 heterocycles. The summed E-state index contributed by atoms with van der Waals surface area (Å²) < 4.78 is 1.77. The monoisotopic (exact) mass is 393 g/mol. The first-order valence-corrected chi connectivity index (χ1v) is 10.9. The first-order valence-electron chi connectivity index (χ1n) is 9.25. The Morgan fingerprint density at radius 3 is 2.50 bits per heavy atom. The highest BCUT2D eigenvalue weighted by molar-refractivity contribution is 8.00. The van der Waals surface area contributed by atoms with Crippen LogP contribution in [0.5, 0.6) is 0 Å². The van der Waals surface area contributed by atoms with E-state index in [1.165, 1.54) is 11.8 Å². The molecule has 1 aliphatic rings. The molecular weight excluding hydrogens is 366 g/mol. The van der Waals surface area contributed by atoms with Crippen LogP contribution in [0.15, 0.2) is 9.95 Å². The zero-order chi connectivity index (χ0) is 19.0. The zero-order valence-corrected chi connectivity index (χ0v) is 17.8. The van der Waals surface area contributed by atoms with Crippen LogP contribution in [-0.4, -0.2) is 38.7 Å². The van der Waals surface area contributed by atoms with Crippen LogP contribution in [0, 0.1) is 19.8 Å². The second-order valence-electron chi connectivity index (χ2n) is 7.46. The van der Waals surface area contributed by atoms with Gasteiger partial charge in [-0.3, -0.25) is 14.2 Å². The van der Waals surface area contributed by atoms with Crippen LogP contribution in [0.3, 0.4) is 0 Å². The molecule has 1 aliphatic heterocycles. The van der Waals surface area contributed by atoms with Crippen LogP contribution >= 0.6 is 23.1 Å². The maximum atomic E-state index is 13.1. The fraction of sp³-hybridized carbons (Fsp3) is 0.632. The number of thiophene rings is 1. The molecule has 2 aromatic heterocycles. The molecule has 0 aliphatic carbocycles. The van der Waals surface area contributed by atoms with E-state index in [9.17, 15) is 9.59 Å². The molecule has 3 rings (SSSR count). The molecule has 2 aromatic rings. The molecule has 142 valence electrons. The van der Waals surface area contributed by atoms with E-state index in [1.807, 2.05) is 25.7 Å². The predicted molar refractivity (Wildman–Crippen MR) is 109 cm³/mol. The van der Waals surface area contributed by atoms with Gasteiger partial charge in [0.1, 0.15) is 4.83 Å². The van der Waals surface area contributed by atoms with Gasteiger partial charge in [0.25, 0.3) is 5.56 Å². The molecule has 0 unspecified atom stereocenters. The summed E-state index contributed by atoms with van der Waals surface area (Å²) in [6.07, 6.45) is 2.16. The maximum Gasteiger partial charge on any atom is 0.263 e. The Morgan fingerprint density at radius 1 is 1.23 bits per heavy atom. The number of carbonyl (C=O) groups is 1. The Morgan fingerprint density at radius 2 is 1.88 bits per heavy atom. The number of aromatic nitrogens is 2. The van der Waals surface area contributed by atoms with Gasteiger partial charge in [0, 0.05) is 24.5 Å². The Bertz CT molecular complexity index is 879. The lowest BCUT2D eigenvalue weighted by Crippen LogP contribution is -2.35. The van der Waals surface area contributed by atoms with Crippen molar-refractivity contribution in [1.29, 1.82) is 0 Å². The van der Waals surface area contributed by atoms with E-state index in [-0.39, 0.29) is 16.7 Å². The molecule has 0 saturated carbocycles. The van der Waals surface area contributed by atoms with Gasteiger partial charge in [-0.25, -0.2) is 4.98 Å². The Balaban J connectivity index is 2.00. The van der Waals surface area contributed by atoms with Crippen molar-refractivity contribution < 1.29 is 4.79 Å². The third-order valence-corrected chi connectivity index (χ3v) is 7.03. The lowest BCUT2D eigenvalue weighted by atomic mass is 10.2. The first-order chi connectivity index (χ1) is 12.3. The molecule has 1 amide bonds. The van der Waals surface area contributed by atoms with Gasteiger partial charge in [-0.05, 0) is 45.1 Å². The topological polar surface area (TPSA) is 55.2 Å². The highest BCUT2D eigenvalue weighted by Crippen LogP contribution is 2.30. The van der Waals surface area contributed by atoms with Crippen molar-refractivity contribution in [2.45, 2.75) is 64.4 Å². The predicted octanol–water partition coefficient (Wildman–Crippen LogP) is 3.83. The van der Waals surface area contributed by atoms with Gasteiger partial charge in [-0.15, -0.1) is 11.3 Å². The number of fused-ring (bicyclic) bond motifs is 1. The second-order valence-corrected chi connectivity index (χ2v) is 9.97. The van der Waals surface area contributed by atoms with Crippen LogP contribution in [0.25, 0.3) is 10.2 Å². The van der Waals surface area contributed by atoms with E-state index in [0.717, 1.165) is 46.6 Å². The van der Waals surface area contributed by atoms with E-state index in [4.69, 9.17) is 4.98 Å². The van der Waals surface area contributed by atoms with Gasteiger partial charge in [0.05, 0.1) is 10.6 Å². The number of hydrogen-bond donors (Lipinski definition) is 0. The minimum Gasteiger partial charge on any atom is -0.342 e. The van der Waals surface area contributed by atoms with Crippen molar-refractivity contribution in [3.8, 4) is 0 Å². The molecule has 0 radical (unpaired) electrons. The summed E-state index contributed by atoms with van der Waals surface area (Å²) in [5, 5.41) is 1.16. The molecule has 0 aromatic carbocycles. The van der Waals surface area contributed by atoms with Crippen molar-refractivity contribution in [2.75, 3.05) is 13.1 Å². The van der Waals surface area contributed by atoms with Crippen LogP contribution in [0.4, 0.5) is 0 Å². The Kier molecular flexibility index (Phi) is 5.77. The Labute approximate surface area is 162 Å². The summed E-state index contributed by atoms with van der Waals surface area (Å²) >= 11 is 2.98. The SMILES string of the molecule is Cc1sc2nc(S[C@H](C)C(=O)N3CCCC3)n(CC(C)C)c(=O)c2c1C. The van der Waals surface area contributed by atoms with Gasteiger partial charge < -0.3 is 4.90 Å². The summed E-state index contributed by atoms with van der Waals surface area (Å²) in [6, 6.07) is 0. The standard InChI is InChI=1S/C19H27N3O2S2/c1-11(2)10-22-18(24)15-12(3)13(4)25-16(15)20-19(22)26-14(5)17(23)21-8-6-7-9-21/h11,14H,6-10H2,1-5H3/t14-/m1/s1. The van der Waals surface area contributed by atoms with Gasteiger partial charge in [0.2, 0.25) is 5.91 Å². The molecule has 5 nitrogen and oxygen atoms in total. The largest absolute Gasteiger partial charge is 0.342 e. The van der Waals surface area contributed by atoms with Crippen LogP contribution in [-0.2, 0) is 11.3 Å². The summed E-state index contributed by atoms with van der Waals surface area (Å²) in [6.45, 7) is 12.4. The number of thioether (sulfide) groups is 1. The molecule has 1 atom stereocenters. The molecule has 0 spiro atoms. The van der Waals surface area contributed by atoms with Crippen LogP contribution in [0.1, 0.15) is 44.1 Å². The average molecular weight is 394 g/mol. The normalized spacial score (nSPS) is 16.0. The van der Waals surface area contributed by atoms with Crippen LogP contribution < -0.4 is 5.56 Å². The van der Waals surface area contributed by atoms with E-state index >= 15 is 0 Å². The van der Waals surface area contributed by atoms with Gasteiger partial charge in [-0.2, -0.15) is 0 Å². The number of amides is 1. The average Bonchev–Trinajstić information content (AvgIpc) is 3.19. The molecule has 7 heteroatoms. The molecule has 0 bridgehead atoms. The number of aryl methyl sites for hydroxylation is 2. The van der Waals surface area contributed by atoms with E-state index in [1.54, 1.807) is 15.9 Å². The third-order valence-electron chi connectivity index (χ3n) is 4.85. The van der Waals surface area contributed by atoms with Crippen LogP contribution in [0.2, 0.25) is 0 Å². The smallest absolute Gasteiger partial charge is 0.263 e. The lowest BCUT2D eigenvalue weighted by molar-refractivity contribution is -0.129. The number of hydrogen-bond acceptors (Lipinski definition) is 5. The maximum absolute atomic E-state index is 13.1. The van der Waals surface area contributed by atoms with Gasteiger partial charge >= 0.3 is 0 Å². The summed E-state index contributed by atoms with van der Waals surface area (Å²) in [5.74, 6) is 0.479. The summed E-state index contributed by atoms with van der Waals surface area (Å²) in [4.78, 5) is 34.5. The fourth-order valence-electron chi connectivity index (χ4n) is 3.33. The number of rotatable bonds is 5. The first kappa shape index (κ1) is 19.4. The second kappa shape index (κ2) is 7.72. The van der Waals surface area contributed by atoms with Crippen molar-refractivity contribution in [2.24, 2.45) is 5.92 Å². The minimum absolute atomic E-state index is 0.0221. The fourth-order valence-corrected chi connectivity index (χ4v) is 5.40.